The average Bonchev–Trinajstić information content (AvgIpc) is 2.34. The van der Waals surface area contributed by atoms with Crippen molar-refractivity contribution < 1.29 is 19.3 Å². The maximum absolute atomic E-state index is 9.13. The number of aliphatic hydroxyl groups excluding tert-OH is 1. The van der Waals surface area contributed by atoms with Crippen molar-refractivity contribution in [3.8, 4) is 5.75 Å². The summed E-state index contributed by atoms with van der Waals surface area (Å²) in [5, 5.41) is 9.13. The second kappa shape index (κ2) is 7.22. The first-order valence-corrected chi connectivity index (χ1v) is 5.14. The van der Waals surface area contributed by atoms with Crippen LogP contribution in [-0.2, 0) is 15.9 Å². The average molecular weight is 226 g/mol. The summed E-state index contributed by atoms with van der Waals surface area (Å²) < 4.78 is 15.2. The van der Waals surface area contributed by atoms with Crippen LogP contribution in [0.3, 0.4) is 0 Å². The van der Waals surface area contributed by atoms with Gasteiger partial charge >= 0.3 is 0 Å². The summed E-state index contributed by atoms with van der Waals surface area (Å²) in [5.41, 5.74) is 1.06. The summed E-state index contributed by atoms with van der Waals surface area (Å²) in [6, 6.07) is 7.70. The van der Waals surface area contributed by atoms with E-state index in [9.17, 15) is 0 Å². The Morgan fingerprint density at radius 3 is 2.75 bits per heavy atom. The molecule has 0 radical (unpaired) electrons. The predicted molar refractivity (Wildman–Crippen MR) is 60.5 cm³/mol. The minimum absolute atomic E-state index is 0.0272. The van der Waals surface area contributed by atoms with Crippen LogP contribution < -0.4 is 4.74 Å². The Bertz CT molecular complexity index is 301. The van der Waals surface area contributed by atoms with E-state index in [0.29, 0.717) is 6.42 Å². The van der Waals surface area contributed by atoms with Gasteiger partial charge in [0.2, 0.25) is 0 Å². The van der Waals surface area contributed by atoms with Gasteiger partial charge in [-0.2, -0.15) is 0 Å². The lowest BCUT2D eigenvalue weighted by molar-refractivity contribution is -0.0863. The Balaban J connectivity index is 2.55. The van der Waals surface area contributed by atoms with Gasteiger partial charge in [0, 0.05) is 13.5 Å². The predicted octanol–water partition coefficient (Wildman–Crippen LogP) is 1.22. The van der Waals surface area contributed by atoms with Crippen molar-refractivity contribution in [3.63, 3.8) is 0 Å². The summed E-state index contributed by atoms with van der Waals surface area (Å²) in [5.74, 6) is 0.806. The first kappa shape index (κ1) is 13.0. The van der Waals surface area contributed by atoms with E-state index in [4.69, 9.17) is 19.3 Å². The summed E-state index contributed by atoms with van der Waals surface area (Å²) in [6.07, 6.45) is 0.393. The fourth-order valence-corrected chi connectivity index (χ4v) is 1.40. The summed E-state index contributed by atoms with van der Waals surface area (Å²) in [4.78, 5) is 0. The minimum atomic E-state index is -0.243. The second-order valence-corrected chi connectivity index (χ2v) is 3.43. The molecule has 0 bridgehead atoms. The van der Waals surface area contributed by atoms with E-state index in [0.717, 1.165) is 11.3 Å². The number of hydrogen-bond donors (Lipinski definition) is 1. The third-order valence-corrected chi connectivity index (χ3v) is 2.22. The van der Waals surface area contributed by atoms with Crippen LogP contribution in [0.4, 0.5) is 0 Å². The lowest BCUT2D eigenvalue weighted by Crippen LogP contribution is -2.21. The molecular weight excluding hydrogens is 208 g/mol. The molecule has 90 valence electrons. The van der Waals surface area contributed by atoms with E-state index in [1.54, 1.807) is 14.2 Å². The van der Waals surface area contributed by atoms with Crippen LogP contribution in [0.25, 0.3) is 0 Å². The highest BCUT2D eigenvalue weighted by Crippen LogP contribution is 2.14. The van der Waals surface area contributed by atoms with Gasteiger partial charge in [0.1, 0.15) is 12.5 Å². The van der Waals surface area contributed by atoms with E-state index in [1.165, 1.54) is 0 Å². The lowest BCUT2D eigenvalue weighted by atomic mass is 10.1. The van der Waals surface area contributed by atoms with Gasteiger partial charge in [-0.1, -0.05) is 12.1 Å². The van der Waals surface area contributed by atoms with Gasteiger partial charge < -0.3 is 19.3 Å². The second-order valence-electron chi connectivity index (χ2n) is 3.43. The van der Waals surface area contributed by atoms with Crippen LogP contribution in [0, 0.1) is 0 Å². The van der Waals surface area contributed by atoms with E-state index in [2.05, 4.69) is 0 Å². The van der Waals surface area contributed by atoms with Gasteiger partial charge in [0.05, 0.1) is 19.8 Å². The fraction of sp³-hybridized carbons (Fsp3) is 0.500. The molecule has 1 aromatic carbocycles. The zero-order valence-corrected chi connectivity index (χ0v) is 9.68. The topological polar surface area (TPSA) is 47.9 Å². The van der Waals surface area contributed by atoms with Crippen LogP contribution in [0.5, 0.6) is 5.75 Å². The third-order valence-electron chi connectivity index (χ3n) is 2.22. The van der Waals surface area contributed by atoms with Crippen molar-refractivity contribution in [1.82, 2.24) is 0 Å². The molecule has 1 rings (SSSR count). The first-order valence-electron chi connectivity index (χ1n) is 5.14. The van der Waals surface area contributed by atoms with Gasteiger partial charge in [-0.3, -0.25) is 0 Å². The minimum Gasteiger partial charge on any atom is -0.497 e. The third kappa shape index (κ3) is 4.18. The SMILES string of the molecule is COCO[C@@H](CO)Cc1cccc(OC)c1. The maximum atomic E-state index is 9.13. The Labute approximate surface area is 95.8 Å². The molecule has 4 heteroatoms. The molecule has 0 saturated carbocycles. The zero-order valence-electron chi connectivity index (χ0n) is 9.68. The highest BCUT2D eigenvalue weighted by Gasteiger charge is 2.09. The maximum Gasteiger partial charge on any atom is 0.146 e. The number of rotatable bonds is 7. The number of hydrogen-bond acceptors (Lipinski definition) is 4. The van der Waals surface area contributed by atoms with Crippen molar-refractivity contribution >= 4 is 0 Å². The van der Waals surface area contributed by atoms with Crippen molar-refractivity contribution in [2.24, 2.45) is 0 Å². The van der Waals surface area contributed by atoms with E-state index < -0.39 is 0 Å². The van der Waals surface area contributed by atoms with Crippen LogP contribution in [0.2, 0.25) is 0 Å². The molecule has 4 nitrogen and oxygen atoms in total. The normalized spacial score (nSPS) is 12.4. The monoisotopic (exact) mass is 226 g/mol. The molecule has 0 saturated heterocycles. The molecule has 0 amide bonds. The van der Waals surface area contributed by atoms with Gasteiger partial charge in [0.25, 0.3) is 0 Å². The molecule has 0 heterocycles. The van der Waals surface area contributed by atoms with Gasteiger partial charge in [0.15, 0.2) is 0 Å². The first-order chi connectivity index (χ1) is 7.80. The number of methoxy groups -OCH3 is 2. The molecule has 0 spiro atoms. The van der Waals surface area contributed by atoms with Gasteiger partial charge in [-0.05, 0) is 17.7 Å². The molecule has 1 aromatic rings. The molecule has 1 atom stereocenters. The van der Waals surface area contributed by atoms with Crippen LogP contribution in [0.1, 0.15) is 5.56 Å². The molecular formula is C12H18O4. The molecule has 16 heavy (non-hydrogen) atoms. The standard InChI is InChI=1S/C12H18O4/c1-14-9-16-12(8-13)7-10-4-3-5-11(6-10)15-2/h3-6,12-13H,7-9H2,1-2H3/t12-/m1/s1. The molecule has 0 aliphatic rings. The summed E-state index contributed by atoms with van der Waals surface area (Å²) in [7, 11) is 3.18. The van der Waals surface area contributed by atoms with Crippen LogP contribution in [0.15, 0.2) is 24.3 Å². The summed E-state index contributed by atoms with van der Waals surface area (Å²) >= 11 is 0. The van der Waals surface area contributed by atoms with Crippen LogP contribution >= 0.6 is 0 Å². The van der Waals surface area contributed by atoms with Crippen LogP contribution in [-0.4, -0.2) is 38.8 Å². The van der Waals surface area contributed by atoms with Crippen molar-refractivity contribution in [2.45, 2.75) is 12.5 Å². The van der Waals surface area contributed by atoms with E-state index >= 15 is 0 Å². The Hall–Kier alpha value is -1.10. The molecule has 0 aromatic heterocycles. The highest BCUT2D eigenvalue weighted by molar-refractivity contribution is 5.28. The van der Waals surface area contributed by atoms with Gasteiger partial charge in [-0.15, -0.1) is 0 Å². The zero-order chi connectivity index (χ0) is 11.8. The number of aliphatic hydroxyl groups is 1. The molecule has 0 fully saturated rings. The Morgan fingerprint density at radius 2 is 2.12 bits per heavy atom. The number of benzene rings is 1. The number of ether oxygens (including phenoxy) is 3. The molecule has 0 unspecified atom stereocenters. The largest absolute Gasteiger partial charge is 0.497 e. The van der Waals surface area contributed by atoms with Crippen molar-refractivity contribution in [2.75, 3.05) is 27.6 Å². The summed E-state index contributed by atoms with van der Waals surface area (Å²) in [6.45, 7) is 0.162. The fourth-order valence-electron chi connectivity index (χ4n) is 1.40. The van der Waals surface area contributed by atoms with Crippen molar-refractivity contribution in [3.05, 3.63) is 29.8 Å². The van der Waals surface area contributed by atoms with E-state index in [1.807, 2.05) is 24.3 Å². The van der Waals surface area contributed by atoms with Gasteiger partial charge in [-0.25, -0.2) is 0 Å². The quantitative estimate of drug-likeness (QED) is 0.710. The smallest absolute Gasteiger partial charge is 0.146 e. The molecule has 1 N–H and O–H groups in total. The van der Waals surface area contributed by atoms with E-state index in [-0.39, 0.29) is 19.5 Å². The Morgan fingerprint density at radius 1 is 1.31 bits per heavy atom. The Kier molecular flexibility index (Phi) is 5.85. The molecule has 0 aliphatic carbocycles. The van der Waals surface area contributed by atoms with Crippen molar-refractivity contribution in [1.29, 1.82) is 0 Å². The highest BCUT2D eigenvalue weighted by atomic mass is 16.7. The lowest BCUT2D eigenvalue weighted by Gasteiger charge is -2.15. The molecule has 0 aliphatic heterocycles.